The normalized spacial score (nSPS) is 11.7. The van der Waals surface area contributed by atoms with Crippen molar-refractivity contribution in [3.05, 3.63) is 28.8 Å². The first kappa shape index (κ1) is 17.7. The Hall–Kier alpha value is -1.40. The molecule has 0 saturated carbocycles. The van der Waals surface area contributed by atoms with Gasteiger partial charge in [-0.05, 0) is 38.3 Å². The van der Waals surface area contributed by atoms with E-state index in [0.717, 1.165) is 28.6 Å². The fraction of sp³-hybridized carbons (Fsp3) is 0.533. The second-order valence-electron chi connectivity index (χ2n) is 5.42. The van der Waals surface area contributed by atoms with Crippen LogP contribution < -0.4 is 5.32 Å². The summed E-state index contributed by atoms with van der Waals surface area (Å²) < 4.78 is 24.5. The molecule has 0 radical (unpaired) electrons. The van der Waals surface area contributed by atoms with Gasteiger partial charge in [0.05, 0.1) is 12.8 Å². The number of amides is 1. The summed E-state index contributed by atoms with van der Waals surface area (Å²) in [6.07, 6.45) is 1.79. The Morgan fingerprint density at radius 2 is 1.71 bits per heavy atom. The van der Waals surface area contributed by atoms with Gasteiger partial charge in [-0.15, -0.1) is 0 Å². The molecule has 6 heteroatoms. The molecular weight excluding hydrogens is 288 g/mol. The highest BCUT2D eigenvalue weighted by Gasteiger charge is 2.19. The molecular formula is C15H24N2O3S. The lowest BCUT2D eigenvalue weighted by molar-refractivity contribution is -0.116. The topological polar surface area (TPSA) is 66.5 Å². The summed E-state index contributed by atoms with van der Waals surface area (Å²) in [4.78, 5) is 12.1. The lowest BCUT2D eigenvalue weighted by atomic mass is 10.1. The van der Waals surface area contributed by atoms with Gasteiger partial charge in [-0.1, -0.05) is 24.6 Å². The van der Waals surface area contributed by atoms with Crippen molar-refractivity contribution in [3.8, 4) is 0 Å². The number of sulfonamides is 1. The van der Waals surface area contributed by atoms with Gasteiger partial charge in [0.25, 0.3) is 0 Å². The zero-order valence-corrected chi connectivity index (χ0v) is 14.2. The summed E-state index contributed by atoms with van der Waals surface area (Å²) >= 11 is 0. The molecule has 0 aliphatic rings. The van der Waals surface area contributed by atoms with Gasteiger partial charge in [0.1, 0.15) is 0 Å². The van der Waals surface area contributed by atoms with Crippen molar-refractivity contribution < 1.29 is 13.2 Å². The third-order valence-corrected chi connectivity index (χ3v) is 4.45. The van der Waals surface area contributed by atoms with Gasteiger partial charge in [-0.2, -0.15) is 4.31 Å². The Bertz CT molecular complexity index is 601. The van der Waals surface area contributed by atoms with E-state index in [1.807, 2.05) is 39.8 Å². The highest BCUT2D eigenvalue weighted by atomic mass is 32.2. The summed E-state index contributed by atoms with van der Waals surface area (Å²) in [6, 6.07) is 3.98. The predicted octanol–water partition coefficient (Wildman–Crippen LogP) is 2.22. The van der Waals surface area contributed by atoms with Crippen LogP contribution in [0.5, 0.6) is 0 Å². The van der Waals surface area contributed by atoms with Gasteiger partial charge >= 0.3 is 0 Å². The maximum atomic E-state index is 12.1. The Balaban J connectivity index is 2.87. The van der Waals surface area contributed by atoms with Crippen LogP contribution in [0.4, 0.5) is 5.69 Å². The number of anilines is 1. The molecule has 0 atom stereocenters. The Kier molecular flexibility index (Phi) is 5.92. The molecule has 118 valence electrons. The van der Waals surface area contributed by atoms with Crippen LogP contribution in [0.3, 0.4) is 0 Å². The molecule has 1 aromatic carbocycles. The summed E-state index contributed by atoms with van der Waals surface area (Å²) in [5, 5.41) is 2.82. The molecule has 0 unspecified atom stereocenters. The van der Waals surface area contributed by atoms with Crippen molar-refractivity contribution in [2.75, 3.05) is 24.7 Å². The van der Waals surface area contributed by atoms with Crippen molar-refractivity contribution in [1.29, 1.82) is 0 Å². The molecule has 0 fully saturated rings. The molecule has 0 heterocycles. The van der Waals surface area contributed by atoms with E-state index in [0.29, 0.717) is 13.0 Å². The minimum absolute atomic E-state index is 0.153. The molecule has 0 saturated heterocycles. The maximum Gasteiger partial charge on any atom is 0.239 e. The van der Waals surface area contributed by atoms with E-state index in [2.05, 4.69) is 5.32 Å². The number of hydrogen-bond donors (Lipinski definition) is 1. The average molecular weight is 312 g/mol. The molecule has 0 aliphatic carbocycles. The van der Waals surface area contributed by atoms with Gasteiger partial charge in [0.2, 0.25) is 15.9 Å². The van der Waals surface area contributed by atoms with Crippen LogP contribution >= 0.6 is 0 Å². The second-order valence-corrected chi connectivity index (χ2v) is 7.40. The monoisotopic (exact) mass is 312 g/mol. The quantitative estimate of drug-likeness (QED) is 0.876. The molecule has 0 bridgehead atoms. The van der Waals surface area contributed by atoms with Gasteiger partial charge in [0.15, 0.2) is 0 Å². The van der Waals surface area contributed by atoms with E-state index in [4.69, 9.17) is 0 Å². The first-order valence-corrected chi connectivity index (χ1v) is 8.82. The highest BCUT2D eigenvalue weighted by molar-refractivity contribution is 7.88. The van der Waals surface area contributed by atoms with Gasteiger partial charge < -0.3 is 5.32 Å². The van der Waals surface area contributed by atoms with Crippen molar-refractivity contribution in [2.45, 2.75) is 34.1 Å². The molecule has 1 N–H and O–H groups in total. The number of nitrogens with one attached hydrogen (secondary N) is 1. The Morgan fingerprint density at radius 3 is 2.14 bits per heavy atom. The zero-order valence-electron chi connectivity index (χ0n) is 13.4. The third kappa shape index (κ3) is 5.13. The Labute approximate surface area is 127 Å². The summed E-state index contributed by atoms with van der Waals surface area (Å²) in [5.41, 5.74) is 3.84. The minimum Gasteiger partial charge on any atom is -0.324 e. The number of hydrogen-bond acceptors (Lipinski definition) is 3. The number of nitrogens with zero attached hydrogens (tertiary/aromatic N) is 1. The molecule has 21 heavy (non-hydrogen) atoms. The van der Waals surface area contributed by atoms with Crippen molar-refractivity contribution in [3.63, 3.8) is 0 Å². The molecule has 0 aromatic heterocycles. The summed E-state index contributed by atoms with van der Waals surface area (Å²) in [5.74, 6) is -0.316. The van der Waals surface area contributed by atoms with E-state index >= 15 is 0 Å². The van der Waals surface area contributed by atoms with Crippen molar-refractivity contribution in [1.82, 2.24) is 4.31 Å². The molecule has 5 nitrogen and oxygen atoms in total. The number of aryl methyl sites for hydroxylation is 3. The molecule has 1 amide bonds. The molecule has 0 aliphatic heterocycles. The maximum absolute atomic E-state index is 12.1. The van der Waals surface area contributed by atoms with Crippen LogP contribution in [0.1, 0.15) is 30.0 Å². The minimum atomic E-state index is -3.37. The van der Waals surface area contributed by atoms with Gasteiger partial charge in [-0.3, -0.25) is 4.79 Å². The van der Waals surface area contributed by atoms with Crippen LogP contribution in [-0.4, -0.2) is 38.0 Å². The van der Waals surface area contributed by atoms with E-state index in [1.54, 1.807) is 0 Å². The largest absolute Gasteiger partial charge is 0.324 e. The number of benzene rings is 1. The van der Waals surface area contributed by atoms with Crippen LogP contribution in [0.15, 0.2) is 12.1 Å². The van der Waals surface area contributed by atoms with E-state index in [1.165, 1.54) is 4.31 Å². The Morgan fingerprint density at radius 1 is 1.19 bits per heavy atom. The van der Waals surface area contributed by atoms with Gasteiger partial charge in [-0.25, -0.2) is 8.42 Å². The lowest BCUT2D eigenvalue weighted by Gasteiger charge is -2.19. The highest BCUT2D eigenvalue weighted by Crippen LogP contribution is 2.21. The van der Waals surface area contributed by atoms with Crippen molar-refractivity contribution in [2.24, 2.45) is 0 Å². The van der Waals surface area contributed by atoms with Crippen molar-refractivity contribution >= 4 is 21.6 Å². The van der Waals surface area contributed by atoms with Crippen LogP contribution in [0, 0.1) is 20.8 Å². The molecule has 1 aromatic rings. The van der Waals surface area contributed by atoms with Crippen LogP contribution in [0.25, 0.3) is 0 Å². The zero-order chi connectivity index (χ0) is 16.2. The molecule has 1 rings (SSSR count). The first-order chi connectivity index (χ1) is 9.65. The van der Waals surface area contributed by atoms with E-state index in [9.17, 15) is 13.2 Å². The van der Waals surface area contributed by atoms with Crippen LogP contribution in [0.2, 0.25) is 0 Å². The third-order valence-electron chi connectivity index (χ3n) is 3.20. The first-order valence-electron chi connectivity index (χ1n) is 6.98. The summed E-state index contributed by atoms with van der Waals surface area (Å²) in [6.45, 7) is 7.92. The average Bonchev–Trinajstić information content (AvgIpc) is 2.32. The van der Waals surface area contributed by atoms with E-state index < -0.39 is 10.0 Å². The number of carbonyl (C=O) groups excluding carboxylic acids is 1. The molecule has 0 spiro atoms. The van der Waals surface area contributed by atoms with Crippen LogP contribution in [-0.2, 0) is 14.8 Å². The smallest absolute Gasteiger partial charge is 0.239 e. The lowest BCUT2D eigenvalue weighted by Crippen LogP contribution is -2.38. The fourth-order valence-electron chi connectivity index (χ4n) is 2.33. The standard InChI is InChI=1S/C15H24N2O3S/c1-6-7-17(21(5,19)20)10-14(18)16-15-12(3)8-11(2)9-13(15)4/h8-9H,6-7,10H2,1-5H3,(H,16,18). The summed E-state index contributed by atoms with van der Waals surface area (Å²) in [7, 11) is -3.37. The number of rotatable bonds is 6. The second kappa shape index (κ2) is 7.04. The SMILES string of the molecule is CCCN(CC(=O)Nc1c(C)cc(C)cc1C)S(C)(=O)=O. The van der Waals surface area contributed by atoms with E-state index in [-0.39, 0.29) is 12.5 Å². The van der Waals surface area contributed by atoms with Gasteiger partial charge in [0, 0.05) is 12.2 Å². The predicted molar refractivity (Wildman–Crippen MR) is 86.0 cm³/mol. The fourth-order valence-corrected chi connectivity index (χ4v) is 3.19. The number of carbonyl (C=O) groups is 1.